The van der Waals surface area contributed by atoms with Gasteiger partial charge in [0.1, 0.15) is 5.52 Å². The third kappa shape index (κ3) is 6.16. The largest absolute Gasteiger partial charge is 0.436 e. The van der Waals surface area contributed by atoms with E-state index in [9.17, 15) is 0 Å². The first-order valence-electron chi connectivity index (χ1n) is 19.7. The van der Waals surface area contributed by atoms with Crippen molar-refractivity contribution < 1.29 is 4.42 Å². The van der Waals surface area contributed by atoms with Crippen molar-refractivity contribution in [1.29, 1.82) is 0 Å². The number of anilines is 3. The van der Waals surface area contributed by atoms with E-state index in [1.165, 1.54) is 43.8 Å². The Morgan fingerprint density at radius 2 is 0.793 bits per heavy atom. The Morgan fingerprint density at radius 3 is 1.50 bits per heavy atom. The highest BCUT2D eigenvalue weighted by Crippen LogP contribution is 2.40. The van der Waals surface area contributed by atoms with Crippen molar-refractivity contribution in [2.45, 2.75) is 0 Å². The average molecular weight is 741 g/mol. The number of fused-ring (bicyclic) bond motifs is 5. The molecule has 1 heterocycles. The molecule has 11 rings (SSSR count). The molecule has 1 aromatic heterocycles. The summed E-state index contributed by atoms with van der Waals surface area (Å²) in [7, 11) is 0. The second-order valence-electron chi connectivity index (χ2n) is 14.8. The van der Waals surface area contributed by atoms with Crippen LogP contribution in [0.1, 0.15) is 0 Å². The fourth-order valence-electron chi connectivity index (χ4n) is 8.24. The lowest BCUT2D eigenvalue weighted by atomic mass is 9.99. The first-order chi connectivity index (χ1) is 28.7. The molecule has 0 fully saturated rings. The van der Waals surface area contributed by atoms with E-state index in [2.05, 4.69) is 217 Å². The van der Waals surface area contributed by atoms with Crippen molar-refractivity contribution in [2.24, 2.45) is 0 Å². The van der Waals surface area contributed by atoms with Crippen molar-refractivity contribution in [2.75, 3.05) is 4.90 Å². The van der Waals surface area contributed by atoms with Crippen LogP contribution in [-0.2, 0) is 0 Å². The quantitative estimate of drug-likeness (QED) is 0.163. The Labute approximate surface area is 336 Å². The first kappa shape index (κ1) is 33.6. The maximum atomic E-state index is 6.32. The smallest absolute Gasteiger partial charge is 0.227 e. The van der Waals surface area contributed by atoms with Crippen molar-refractivity contribution in [3.63, 3.8) is 0 Å². The van der Waals surface area contributed by atoms with Crippen LogP contribution in [-0.4, -0.2) is 4.98 Å². The van der Waals surface area contributed by atoms with Gasteiger partial charge in [-0.25, -0.2) is 4.98 Å². The molecule has 0 amide bonds. The molecule has 58 heavy (non-hydrogen) atoms. The summed E-state index contributed by atoms with van der Waals surface area (Å²) in [5, 5.41) is 7.04. The number of oxazole rings is 1. The third-order valence-corrected chi connectivity index (χ3v) is 11.2. The van der Waals surface area contributed by atoms with Crippen LogP contribution in [0, 0.1) is 0 Å². The zero-order valence-electron chi connectivity index (χ0n) is 31.6. The van der Waals surface area contributed by atoms with Gasteiger partial charge in [-0.2, -0.15) is 0 Å². The molecule has 0 N–H and O–H groups in total. The number of benzene rings is 10. The van der Waals surface area contributed by atoms with Gasteiger partial charge in [-0.3, -0.25) is 0 Å². The van der Waals surface area contributed by atoms with E-state index in [1.54, 1.807) is 0 Å². The third-order valence-electron chi connectivity index (χ3n) is 11.2. The molecule has 3 nitrogen and oxygen atoms in total. The second kappa shape index (κ2) is 14.1. The average Bonchev–Trinajstić information content (AvgIpc) is 3.75. The highest BCUT2D eigenvalue weighted by atomic mass is 16.3. The van der Waals surface area contributed by atoms with Gasteiger partial charge in [-0.15, -0.1) is 0 Å². The van der Waals surface area contributed by atoms with Gasteiger partial charge < -0.3 is 9.32 Å². The van der Waals surface area contributed by atoms with Gasteiger partial charge in [0.2, 0.25) is 5.89 Å². The number of hydrogen-bond acceptors (Lipinski definition) is 3. The Morgan fingerprint density at radius 1 is 0.310 bits per heavy atom. The molecule has 3 heteroatoms. The van der Waals surface area contributed by atoms with Gasteiger partial charge in [-0.05, 0) is 127 Å². The van der Waals surface area contributed by atoms with Crippen LogP contribution in [0.4, 0.5) is 17.1 Å². The van der Waals surface area contributed by atoms with Crippen LogP contribution in [0.25, 0.3) is 88.3 Å². The van der Waals surface area contributed by atoms with Crippen molar-refractivity contribution in [1.82, 2.24) is 4.98 Å². The van der Waals surface area contributed by atoms with Crippen LogP contribution in [0.3, 0.4) is 0 Å². The number of hydrogen-bond donors (Lipinski definition) is 0. The lowest BCUT2D eigenvalue weighted by Gasteiger charge is -2.27. The first-order valence-corrected chi connectivity index (χ1v) is 19.7. The molecule has 0 unspecified atom stereocenters. The molecular weight excluding hydrogens is 705 g/mol. The lowest BCUT2D eigenvalue weighted by Crippen LogP contribution is -2.10. The van der Waals surface area contributed by atoms with E-state index in [4.69, 9.17) is 9.40 Å². The highest BCUT2D eigenvalue weighted by Gasteiger charge is 2.17. The SMILES string of the molecule is c1ccc(-c2cccc(N(c3ccc(-c4ccc5ccccc5c4)cc3)c3cccc(-c4ccc5c(ccc6oc(-c7ccc8ccccc8c7)nc65)c4)c3)c2)cc1. The Hall–Kier alpha value is -7.75. The van der Waals surface area contributed by atoms with E-state index >= 15 is 0 Å². The summed E-state index contributed by atoms with van der Waals surface area (Å²) in [5.41, 5.74) is 12.9. The molecule has 0 atom stereocenters. The monoisotopic (exact) mass is 740 g/mol. The minimum atomic E-state index is 0.631. The van der Waals surface area contributed by atoms with Crippen molar-refractivity contribution >= 4 is 60.5 Å². The van der Waals surface area contributed by atoms with Gasteiger partial charge in [0.15, 0.2) is 5.58 Å². The second-order valence-corrected chi connectivity index (χ2v) is 14.8. The van der Waals surface area contributed by atoms with Crippen LogP contribution in [0.15, 0.2) is 223 Å². The zero-order chi connectivity index (χ0) is 38.4. The normalized spacial score (nSPS) is 11.4. The molecular formula is C55H36N2O. The van der Waals surface area contributed by atoms with Crippen LogP contribution < -0.4 is 4.90 Å². The molecule has 0 saturated carbocycles. The molecule has 10 aromatic carbocycles. The van der Waals surface area contributed by atoms with Crippen LogP contribution in [0.2, 0.25) is 0 Å². The van der Waals surface area contributed by atoms with Gasteiger partial charge in [-0.1, -0.05) is 152 Å². The van der Waals surface area contributed by atoms with Crippen LogP contribution >= 0.6 is 0 Å². The highest BCUT2D eigenvalue weighted by molar-refractivity contribution is 6.05. The molecule has 0 bridgehead atoms. The van der Waals surface area contributed by atoms with Gasteiger partial charge in [0.05, 0.1) is 0 Å². The lowest BCUT2D eigenvalue weighted by molar-refractivity contribution is 0.620. The van der Waals surface area contributed by atoms with E-state index < -0.39 is 0 Å². The molecule has 0 aliphatic heterocycles. The molecule has 0 spiro atoms. The van der Waals surface area contributed by atoms with E-state index in [0.29, 0.717) is 5.89 Å². The molecule has 0 aliphatic rings. The van der Waals surface area contributed by atoms with Gasteiger partial charge in [0.25, 0.3) is 0 Å². The molecule has 11 aromatic rings. The summed E-state index contributed by atoms with van der Waals surface area (Å²) in [6, 6.07) is 77.9. The Kier molecular flexibility index (Phi) is 8.15. The predicted octanol–water partition coefficient (Wildman–Crippen LogP) is 15.4. The van der Waals surface area contributed by atoms with Crippen LogP contribution in [0.5, 0.6) is 0 Å². The minimum absolute atomic E-state index is 0.631. The summed E-state index contributed by atoms with van der Waals surface area (Å²) in [6.07, 6.45) is 0. The Bertz CT molecular complexity index is 3290. The summed E-state index contributed by atoms with van der Waals surface area (Å²) in [6.45, 7) is 0. The number of rotatable bonds is 7. The zero-order valence-corrected chi connectivity index (χ0v) is 31.6. The summed E-state index contributed by atoms with van der Waals surface area (Å²) in [5.74, 6) is 0.631. The molecule has 0 aliphatic carbocycles. The van der Waals surface area contributed by atoms with E-state index in [-0.39, 0.29) is 0 Å². The summed E-state index contributed by atoms with van der Waals surface area (Å²) >= 11 is 0. The van der Waals surface area contributed by atoms with Crippen molar-refractivity contribution in [3.05, 3.63) is 218 Å². The summed E-state index contributed by atoms with van der Waals surface area (Å²) in [4.78, 5) is 7.37. The molecule has 0 saturated heterocycles. The maximum Gasteiger partial charge on any atom is 0.227 e. The number of aromatic nitrogens is 1. The van der Waals surface area contributed by atoms with E-state index in [1.807, 2.05) is 6.07 Å². The van der Waals surface area contributed by atoms with Gasteiger partial charge >= 0.3 is 0 Å². The maximum absolute atomic E-state index is 6.32. The Balaban J connectivity index is 0.974. The van der Waals surface area contributed by atoms with E-state index in [0.717, 1.165) is 55.6 Å². The molecule has 0 radical (unpaired) electrons. The fraction of sp³-hybridized carbons (Fsp3) is 0. The topological polar surface area (TPSA) is 29.3 Å². The van der Waals surface area contributed by atoms with Gasteiger partial charge in [0, 0.05) is 28.0 Å². The van der Waals surface area contributed by atoms with Crippen molar-refractivity contribution in [3.8, 4) is 44.8 Å². The standard InChI is InChI=1S/C55H36N2O/c1-2-10-37(11-3-1)43-16-8-18-50(35-43)57(49-28-24-40(25-29-49)45-22-20-38-12-4-6-14-41(38)32-45)51-19-9-17-44(36-51)46-26-30-52-47(33-46)27-31-53-54(52)56-55(58-53)48-23-21-39-13-5-7-15-42(39)34-48/h1-36H. The molecule has 272 valence electrons. The predicted molar refractivity (Wildman–Crippen MR) is 243 cm³/mol. The number of nitrogens with zero attached hydrogens (tertiary/aromatic N) is 2. The fourth-order valence-corrected chi connectivity index (χ4v) is 8.24. The minimum Gasteiger partial charge on any atom is -0.436 e. The summed E-state index contributed by atoms with van der Waals surface area (Å²) < 4.78 is 6.32.